The van der Waals surface area contributed by atoms with E-state index >= 15 is 0 Å². The van der Waals surface area contributed by atoms with E-state index in [4.69, 9.17) is 5.73 Å². The molecule has 2 aliphatic rings. The minimum atomic E-state index is -1.58. The molecule has 3 heterocycles. The lowest BCUT2D eigenvalue weighted by molar-refractivity contribution is -0.144. The Morgan fingerprint density at radius 1 is 0.807 bits per heavy atom. The molecule has 20 heteroatoms. The maximum absolute atomic E-state index is 13.9. The largest absolute Gasteiger partial charge is 0.396 e. The standard InChI is InChI=1S/C37H53N9O11/c1-19(32(52)44-30(20(2)49)36(56)41-25(12-15-47)31(38)51)40-33(53)26(16-22-17-39-24-9-5-4-8-23(22)24)42-35(55)29-11-7-14-46(29)37(57)27(18-48)43-34(54)28-10-6-13-45(28)21(3)50/h4-5,8-9,17,19-20,25-30,39,47-49H,6-7,10-16,18H2,1-3H3,(H2,38,51)(H,40,53)(H,41,56)(H,42,55)(H,43,54)(H,44,52)/t19-,20+,25-,26-,27-,28-,29-,30-/m0/s1. The number of benzene rings is 1. The summed E-state index contributed by atoms with van der Waals surface area (Å²) >= 11 is 0. The molecule has 312 valence electrons. The van der Waals surface area contributed by atoms with Gasteiger partial charge in [0.2, 0.25) is 47.3 Å². The number of hydrogen-bond acceptors (Lipinski definition) is 11. The van der Waals surface area contributed by atoms with E-state index in [0.29, 0.717) is 31.4 Å². The molecule has 2 fully saturated rings. The number of fused-ring (bicyclic) bond motifs is 1. The number of aromatic nitrogens is 1. The van der Waals surface area contributed by atoms with Gasteiger partial charge in [0, 0.05) is 50.1 Å². The van der Waals surface area contributed by atoms with E-state index in [1.165, 1.54) is 30.6 Å². The Bertz CT molecular complexity index is 1820. The van der Waals surface area contributed by atoms with Gasteiger partial charge in [-0.1, -0.05) is 18.2 Å². The van der Waals surface area contributed by atoms with Crippen molar-refractivity contribution in [3.63, 3.8) is 0 Å². The number of carbonyl (C=O) groups excluding carboxylic acids is 8. The molecule has 0 spiro atoms. The van der Waals surface area contributed by atoms with Gasteiger partial charge in [0.1, 0.15) is 42.3 Å². The van der Waals surface area contributed by atoms with Gasteiger partial charge in [-0.05, 0) is 57.6 Å². The zero-order chi connectivity index (χ0) is 42.0. The molecule has 8 amide bonds. The molecule has 0 radical (unpaired) electrons. The van der Waals surface area contributed by atoms with Crippen LogP contribution < -0.4 is 32.3 Å². The van der Waals surface area contributed by atoms with Crippen LogP contribution in [0.1, 0.15) is 58.4 Å². The van der Waals surface area contributed by atoms with Crippen molar-refractivity contribution in [3.8, 4) is 0 Å². The molecule has 1 aromatic carbocycles. The number of hydrogen-bond donors (Lipinski definition) is 10. The van der Waals surface area contributed by atoms with Gasteiger partial charge in [0.15, 0.2) is 0 Å². The summed E-state index contributed by atoms with van der Waals surface area (Å²) in [7, 11) is 0. The van der Waals surface area contributed by atoms with Gasteiger partial charge in [0.25, 0.3) is 0 Å². The summed E-state index contributed by atoms with van der Waals surface area (Å²) in [6.45, 7) is 3.15. The highest BCUT2D eigenvalue weighted by Gasteiger charge is 2.41. The first-order chi connectivity index (χ1) is 27.1. The normalized spacial score (nSPS) is 19.8. The molecule has 11 N–H and O–H groups in total. The Morgan fingerprint density at radius 3 is 2.02 bits per heavy atom. The van der Waals surface area contributed by atoms with Gasteiger partial charge >= 0.3 is 0 Å². The van der Waals surface area contributed by atoms with Crippen LogP contribution in [0.4, 0.5) is 0 Å². The fourth-order valence-electron chi connectivity index (χ4n) is 7.11. The van der Waals surface area contributed by atoms with E-state index < -0.39 is 103 Å². The van der Waals surface area contributed by atoms with E-state index in [1.807, 2.05) is 18.2 Å². The van der Waals surface area contributed by atoms with Gasteiger partial charge in [-0.3, -0.25) is 38.4 Å². The van der Waals surface area contributed by atoms with Crippen LogP contribution in [0.5, 0.6) is 0 Å². The van der Waals surface area contributed by atoms with Crippen molar-refractivity contribution in [1.29, 1.82) is 0 Å². The van der Waals surface area contributed by atoms with Gasteiger partial charge in [-0.15, -0.1) is 0 Å². The molecule has 8 atom stereocenters. The maximum atomic E-state index is 13.9. The Hall–Kier alpha value is -5.60. The number of aromatic amines is 1. The number of nitrogens with zero attached hydrogens (tertiary/aromatic N) is 2. The average Bonchev–Trinajstić information content (AvgIpc) is 3.95. The highest BCUT2D eigenvalue weighted by molar-refractivity contribution is 5.98. The van der Waals surface area contributed by atoms with E-state index in [1.54, 1.807) is 12.3 Å². The first-order valence-electron chi connectivity index (χ1n) is 18.9. The molecule has 4 rings (SSSR count). The summed E-state index contributed by atoms with van der Waals surface area (Å²) in [6, 6.07) is -1.49. The number of amides is 8. The third-order valence-corrected chi connectivity index (χ3v) is 10.2. The molecule has 57 heavy (non-hydrogen) atoms. The molecule has 20 nitrogen and oxygen atoms in total. The van der Waals surface area contributed by atoms with Crippen molar-refractivity contribution in [1.82, 2.24) is 41.4 Å². The molecule has 2 aromatic rings. The number of nitrogens with two attached hydrogens (primary N) is 1. The van der Waals surface area contributed by atoms with Crippen LogP contribution in [0.15, 0.2) is 30.5 Å². The van der Waals surface area contributed by atoms with E-state index in [2.05, 4.69) is 31.6 Å². The number of aliphatic hydroxyl groups is 3. The van der Waals surface area contributed by atoms with Gasteiger partial charge in [-0.25, -0.2) is 0 Å². The minimum Gasteiger partial charge on any atom is -0.396 e. The average molecular weight is 800 g/mol. The fraction of sp³-hybridized carbons (Fsp3) is 0.568. The van der Waals surface area contributed by atoms with Crippen molar-refractivity contribution in [2.24, 2.45) is 5.73 Å². The summed E-state index contributed by atoms with van der Waals surface area (Å²) in [5.41, 5.74) is 6.69. The fourth-order valence-corrected chi connectivity index (χ4v) is 7.11. The van der Waals surface area contributed by atoms with Gasteiger partial charge < -0.3 is 62.4 Å². The van der Waals surface area contributed by atoms with Crippen LogP contribution in [-0.4, -0.2) is 152 Å². The van der Waals surface area contributed by atoms with E-state index in [-0.39, 0.29) is 31.7 Å². The molecule has 1 aromatic heterocycles. The van der Waals surface area contributed by atoms with Crippen molar-refractivity contribution < 1.29 is 53.7 Å². The number of aliphatic hydroxyl groups excluding tert-OH is 3. The quantitative estimate of drug-likeness (QED) is 0.0703. The lowest BCUT2D eigenvalue weighted by Crippen LogP contribution is -2.61. The zero-order valence-corrected chi connectivity index (χ0v) is 32.2. The lowest BCUT2D eigenvalue weighted by Gasteiger charge is -2.30. The minimum absolute atomic E-state index is 0.0575. The molecule has 0 aliphatic carbocycles. The summed E-state index contributed by atoms with van der Waals surface area (Å²) < 4.78 is 0. The Balaban J connectivity index is 1.49. The molecule has 2 aliphatic heterocycles. The monoisotopic (exact) mass is 799 g/mol. The smallest absolute Gasteiger partial charge is 0.248 e. The highest BCUT2D eigenvalue weighted by Crippen LogP contribution is 2.22. The molecule has 0 unspecified atom stereocenters. The summed E-state index contributed by atoms with van der Waals surface area (Å²) in [4.78, 5) is 110. The van der Waals surface area contributed by atoms with Crippen molar-refractivity contribution in [3.05, 3.63) is 36.0 Å². The zero-order valence-electron chi connectivity index (χ0n) is 32.2. The second kappa shape index (κ2) is 20.0. The van der Waals surface area contributed by atoms with Crippen LogP contribution in [0.25, 0.3) is 10.9 Å². The SMILES string of the molecule is CC(=O)N1CCC[C@H]1C(=O)N[C@@H](CO)C(=O)N1CCC[C@H]1C(=O)N[C@@H](Cc1c[nH]c2ccccc12)C(=O)N[C@@H](C)C(=O)N[C@H](C(=O)N[C@@H](CCO)C(N)=O)[C@@H](C)O. The van der Waals surface area contributed by atoms with Crippen molar-refractivity contribution in [2.75, 3.05) is 26.3 Å². The van der Waals surface area contributed by atoms with Crippen LogP contribution in [0.3, 0.4) is 0 Å². The van der Waals surface area contributed by atoms with Crippen molar-refractivity contribution >= 4 is 58.2 Å². The third kappa shape index (κ3) is 11.0. The maximum Gasteiger partial charge on any atom is 0.248 e. The lowest BCUT2D eigenvalue weighted by atomic mass is 10.0. The second-order valence-corrected chi connectivity index (χ2v) is 14.4. The molecular formula is C37H53N9O11. The number of likely N-dealkylation sites (tertiary alicyclic amines) is 2. The topological polar surface area (TPSA) is 306 Å². The highest BCUT2D eigenvalue weighted by atomic mass is 16.3. The number of H-pyrrole nitrogens is 1. The Labute approximate surface area is 328 Å². The summed E-state index contributed by atoms with van der Waals surface area (Å²) in [5, 5.41) is 42.8. The van der Waals surface area contributed by atoms with Crippen molar-refractivity contribution in [2.45, 2.75) is 108 Å². The Morgan fingerprint density at radius 2 is 1.42 bits per heavy atom. The summed E-state index contributed by atoms with van der Waals surface area (Å²) in [6.07, 6.45) is 1.57. The molecule has 0 saturated carbocycles. The van der Waals surface area contributed by atoms with Crippen LogP contribution in [0, 0.1) is 0 Å². The predicted octanol–water partition coefficient (Wildman–Crippen LogP) is -3.60. The van der Waals surface area contributed by atoms with Gasteiger partial charge in [-0.2, -0.15) is 0 Å². The number of nitrogens with one attached hydrogen (secondary N) is 6. The van der Waals surface area contributed by atoms with Crippen LogP contribution in [0.2, 0.25) is 0 Å². The Kier molecular flexibility index (Phi) is 15.5. The number of para-hydroxylation sites is 1. The molecule has 2 saturated heterocycles. The van der Waals surface area contributed by atoms with Crippen LogP contribution in [-0.2, 0) is 44.8 Å². The number of carbonyl (C=O) groups is 8. The summed E-state index contributed by atoms with van der Waals surface area (Å²) in [5.74, 6) is -5.90. The third-order valence-electron chi connectivity index (χ3n) is 10.2. The van der Waals surface area contributed by atoms with Gasteiger partial charge in [0.05, 0.1) is 12.7 Å². The second-order valence-electron chi connectivity index (χ2n) is 14.4. The van der Waals surface area contributed by atoms with E-state index in [0.717, 1.165) is 10.9 Å². The van der Waals surface area contributed by atoms with E-state index in [9.17, 15) is 53.7 Å². The first kappa shape index (κ1) is 44.1. The molecular weight excluding hydrogens is 746 g/mol. The number of primary amides is 1. The number of rotatable bonds is 18. The molecule has 0 bridgehead atoms. The predicted molar refractivity (Wildman–Crippen MR) is 202 cm³/mol. The van der Waals surface area contributed by atoms with Crippen LogP contribution >= 0.6 is 0 Å². The first-order valence-corrected chi connectivity index (χ1v) is 18.9.